The number of hydrogen-bond donors (Lipinski definition) is 2. The molecule has 2 unspecified atom stereocenters. The van der Waals surface area contributed by atoms with E-state index in [4.69, 9.17) is 10.5 Å². The van der Waals surface area contributed by atoms with Crippen LogP contribution in [0.3, 0.4) is 0 Å². The quantitative estimate of drug-likeness (QED) is 0.826. The van der Waals surface area contributed by atoms with Gasteiger partial charge in [-0.2, -0.15) is 0 Å². The Morgan fingerprint density at radius 2 is 1.76 bits per heavy atom. The maximum Gasteiger partial charge on any atom is 0.151 e. The Labute approximate surface area is 148 Å². The van der Waals surface area contributed by atoms with Gasteiger partial charge < -0.3 is 20.7 Å². The van der Waals surface area contributed by atoms with E-state index in [2.05, 4.69) is 24.1 Å². The van der Waals surface area contributed by atoms with Crippen LogP contribution in [0.2, 0.25) is 0 Å². The molecule has 0 amide bonds. The smallest absolute Gasteiger partial charge is 0.151 e. The van der Waals surface area contributed by atoms with Crippen LogP contribution in [-0.2, 0) is 11.3 Å². The normalized spacial score (nSPS) is 20.6. The minimum atomic E-state index is -0.195. The van der Waals surface area contributed by atoms with Crippen molar-refractivity contribution in [2.24, 2.45) is 0 Å². The highest BCUT2D eigenvalue weighted by atomic mass is 19.1. The second-order valence-corrected chi connectivity index (χ2v) is 6.83. The summed E-state index contributed by atoms with van der Waals surface area (Å²) in [6, 6.07) is 11.4. The van der Waals surface area contributed by atoms with Gasteiger partial charge in [0, 0.05) is 36.6 Å². The van der Waals surface area contributed by atoms with Crippen molar-refractivity contribution in [2.75, 3.05) is 29.0 Å². The topological polar surface area (TPSA) is 50.5 Å². The van der Waals surface area contributed by atoms with Crippen molar-refractivity contribution in [2.45, 2.75) is 39.5 Å². The van der Waals surface area contributed by atoms with E-state index in [0.29, 0.717) is 17.8 Å². The van der Waals surface area contributed by atoms with Crippen LogP contribution >= 0.6 is 0 Å². The van der Waals surface area contributed by atoms with Gasteiger partial charge in [-0.3, -0.25) is 0 Å². The van der Waals surface area contributed by atoms with Crippen molar-refractivity contribution in [1.29, 1.82) is 0 Å². The number of nitrogens with zero attached hydrogens (tertiary/aromatic N) is 1. The van der Waals surface area contributed by atoms with Gasteiger partial charge in [-0.25, -0.2) is 4.39 Å². The average molecular weight is 343 g/mol. The van der Waals surface area contributed by atoms with Gasteiger partial charge >= 0.3 is 0 Å². The molecule has 0 aliphatic carbocycles. The second-order valence-electron chi connectivity index (χ2n) is 6.83. The lowest BCUT2D eigenvalue weighted by Crippen LogP contribution is -2.45. The molecule has 134 valence electrons. The van der Waals surface area contributed by atoms with Crippen molar-refractivity contribution >= 4 is 17.1 Å². The average Bonchev–Trinajstić information content (AvgIpc) is 2.57. The highest BCUT2D eigenvalue weighted by molar-refractivity contribution is 5.62. The lowest BCUT2D eigenvalue weighted by Gasteiger charge is -2.37. The summed E-state index contributed by atoms with van der Waals surface area (Å²) >= 11 is 0. The Kier molecular flexibility index (Phi) is 5.13. The molecule has 1 heterocycles. The van der Waals surface area contributed by atoms with Gasteiger partial charge in [-0.05, 0) is 50.6 Å². The van der Waals surface area contributed by atoms with Crippen LogP contribution in [0.5, 0.6) is 0 Å². The molecule has 2 aromatic carbocycles. The van der Waals surface area contributed by atoms with Gasteiger partial charge in [0.05, 0.1) is 17.9 Å². The zero-order valence-corrected chi connectivity index (χ0v) is 15.1. The van der Waals surface area contributed by atoms with Crippen molar-refractivity contribution in [1.82, 2.24) is 0 Å². The maximum atomic E-state index is 14.8. The van der Waals surface area contributed by atoms with Crippen LogP contribution in [-0.4, -0.2) is 25.3 Å². The van der Waals surface area contributed by atoms with E-state index in [-0.39, 0.29) is 18.0 Å². The third kappa shape index (κ3) is 4.04. The maximum absolute atomic E-state index is 14.8. The molecule has 0 radical (unpaired) electrons. The number of rotatable bonds is 4. The lowest BCUT2D eigenvalue weighted by molar-refractivity contribution is -0.00526. The molecule has 0 spiro atoms. The van der Waals surface area contributed by atoms with Crippen molar-refractivity contribution in [3.8, 4) is 0 Å². The molecule has 1 saturated heterocycles. The van der Waals surface area contributed by atoms with E-state index in [1.807, 2.05) is 43.3 Å². The largest absolute Gasteiger partial charge is 0.399 e. The minimum Gasteiger partial charge on any atom is -0.399 e. The molecule has 1 aliphatic heterocycles. The molecule has 0 bridgehead atoms. The molecule has 4 nitrogen and oxygen atoms in total. The second kappa shape index (κ2) is 7.31. The summed E-state index contributed by atoms with van der Waals surface area (Å²) in [5, 5.41) is 3.18. The molecule has 1 fully saturated rings. The van der Waals surface area contributed by atoms with E-state index in [0.717, 1.165) is 30.0 Å². The fourth-order valence-corrected chi connectivity index (χ4v) is 3.36. The fraction of sp³-hybridized carbons (Fsp3) is 0.400. The first-order valence-electron chi connectivity index (χ1n) is 8.72. The van der Waals surface area contributed by atoms with E-state index in [9.17, 15) is 4.39 Å². The number of nitrogens with two attached hydrogens (primary N) is 1. The first kappa shape index (κ1) is 17.5. The Morgan fingerprint density at radius 1 is 1.12 bits per heavy atom. The van der Waals surface area contributed by atoms with Crippen molar-refractivity contribution in [3.63, 3.8) is 0 Å². The number of anilines is 3. The first-order chi connectivity index (χ1) is 11.9. The molecular formula is C20H26FN3O. The standard InChI is InChI=1S/C20H26FN3O/c1-13-11-24(12-14(2)25-13)19-9-8-18(20(21)15(19)3)23-10-16-4-6-17(22)7-5-16/h4-9,13-14,23H,10-12,22H2,1-3H3. The molecule has 25 heavy (non-hydrogen) atoms. The van der Waals surface area contributed by atoms with Gasteiger partial charge in [0.15, 0.2) is 5.82 Å². The Hall–Kier alpha value is -2.27. The van der Waals surface area contributed by atoms with Crippen LogP contribution in [0, 0.1) is 12.7 Å². The van der Waals surface area contributed by atoms with Crippen LogP contribution in [0.1, 0.15) is 25.0 Å². The molecule has 1 aliphatic rings. The molecule has 5 heteroatoms. The summed E-state index contributed by atoms with van der Waals surface area (Å²) in [5.74, 6) is -0.195. The molecule has 0 aromatic heterocycles. The lowest BCUT2D eigenvalue weighted by atomic mass is 10.1. The zero-order valence-electron chi connectivity index (χ0n) is 15.1. The summed E-state index contributed by atoms with van der Waals surface area (Å²) in [4.78, 5) is 2.21. The Morgan fingerprint density at radius 3 is 2.40 bits per heavy atom. The van der Waals surface area contributed by atoms with E-state index in [1.165, 1.54) is 0 Å². The SMILES string of the molecule is Cc1c(N2CC(C)OC(C)C2)ccc(NCc2ccc(N)cc2)c1F. The molecule has 2 atom stereocenters. The zero-order chi connectivity index (χ0) is 18.0. The predicted molar refractivity (Wildman–Crippen MR) is 102 cm³/mol. The molecular weight excluding hydrogens is 317 g/mol. The number of ether oxygens (including phenoxy) is 1. The molecule has 3 rings (SSSR count). The number of halogens is 1. The highest BCUT2D eigenvalue weighted by Crippen LogP contribution is 2.30. The van der Waals surface area contributed by atoms with Crippen molar-refractivity contribution < 1.29 is 9.13 Å². The van der Waals surface area contributed by atoms with Gasteiger partial charge in [-0.1, -0.05) is 12.1 Å². The third-order valence-electron chi connectivity index (χ3n) is 4.58. The fourth-order valence-electron chi connectivity index (χ4n) is 3.36. The van der Waals surface area contributed by atoms with Crippen LogP contribution < -0.4 is 16.0 Å². The number of nitrogen functional groups attached to an aromatic ring is 1. The molecule has 2 aromatic rings. The van der Waals surface area contributed by atoms with Crippen molar-refractivity contribution in [3.05, 3.63) is 53.3 Å². The first-order valence-corrected chi connectivity index (χ1v) is 8.72. The van der Waals surface area contributed by atoms with Crippen LogP contribution in [0.15, 0.2) is 36.4 Å². The molecule has 3 N–H and O–H groups in total. The number of benzene rings is 2. The van der Waals surface area contributed by atoms with E-state index < -0.39 is 0 Å². The predicted octanol–water partition coefficient (Wildman–Crippen LogP) is 3.94. The Bertz CT molecular complexity index is 722. The third-order valence-corrected chi connectivity index (χ3v) is 4.58. The number of nitrogens with one attached hydrogen (secondary N) is 1. The van der Waals surface area contributed by atoms with Crippen LogP contribution in [0.4, 0.5) is 21.5 Å². The highest BCUT2D eigenvalue weighted by Gasteiger charge is 2.24. The monoisotopic (exact) mass is 343 g/mol. The Balaban J connectivity index is 1.74. The minimum absolute atomic E-state index is 0.148. The number of morpholine rings is 1. The summed E-state index contributed by atoms with van der Waals surface area (Å²) in [6.07, 6.45) is 0.295. The van der Waals surface area contributed by atoms with Gasteiger partial charge in [-0.15, -0.1) is 0 Å². The summed E-state index contributed by atoms with van der Waals surface area (Å²) < 4.78 is 20.6. The molecule has 0 saturated carbocycles. The van der Waals surface area contributed by atoms with Crippen LogP contribution in [0.25, 0.3) is 0 Å². The summed E-state index contributed by atoms with van der Waals surface area (Å²) in [6.45, 7) is 8.06. The van der Waals surface area contributed by atoms with Gasteiger partial charge in [0.2, 0.25) is 0 Å². The summed E-state index contributed by atoms with van der Waals surface area (Å²) in [5.41, 5.74) is 9.61. The summed E-state index contributed by atoms with van der Waals surface area (Å²) in [7, 11) is 0. The van der Waals surface area contributed by atoms with Gasteiger partial charge in [0.25, 0.3) is 0 Å². The van der Waals surface area contributed by atoms with E-state index in [1.54, 1.807) is 0 Å². The van der Waals surface area contributed by atoms with Gasteiger partial charge in [0.1, 0.15) is 0 Å². The number of hydrogen-bond acceptors (Lipinski definition) is 4. The van der Waals surface area contributed by atoms with E-state index >= 15 is 0 Å².